The zero-order chi connectivity index (χ0) is 19.4. The van der Waals surface area contributed by atoms with Crippen molar-refractivity contribution >= 4 is 11.8 Å². The van der Waals surface area contributed by atoms with Crippen molar-refractivity contribution in [2.24, 2.45) is 46.7 Å². The van der Waals surface area contributed by atoms with Crippen LogP contribution >= 0.6 is 0 Å². The molecule has 3 N–H and O–H groups in total. The van der Waals surface area contributed by atoms with Crippen molar-refractivity contribution in [1.29, 1.82) is 0 Å². The van der Waals surface area contributed by atoms with E-state index >= 15 is 0 Å². The van der Waals surface area contributed by atoms with E-state index in [2.05, 4.69) is 22.3 Å². The lowest BCUT2D eigenvalue weighted by Crippen LogP contribution is -3.16. The lowest BCUT2D eigenvalue weighted by atomic mass is 8.94. The number of nitrogens with one attached hydrogen (secondary N) is 1. The fourth-order valence-corrected chi connectivity index (χ4v) is 9.11. The molecule has 7 aliphatic carbocycles. The van der Waals surface area contributed by atoms with Crippen LogP contribution in [0.3, 0.4) is 0 Å². The number of hydrogen-bond acceptors (Lipinski definition) is 5. The van der Waals surface area contributed by atoms with E-state index in [-0.39, 0.29) is 28.9 Å². The summed E-state index contributed by atoms with van der Waals surface area (Å²) in [6.45, 7) is 2.86. The van der Waals surface area contributed by atoms with Gasteiger partial charge in [0.25, 0.3) is 5.91 Å². The maximum atomic E-state index is 13.5. The normalized spacial score (nSPS) is 54.2. The van der Waals surface area contributed by atoms with E-state index in [0.29, 0.717) is 53.0 Å². The number of carbonyl (C=O) groups excluding carboxylic acids is 2. The van der Waals surface area contributed by atoms with E-state index in [1.54, 1.807) is 6.07 Å². The Morgan fingerprint density at radius 1 is 1.17 bits per heavy atom. The molecule has 2 heterocycles. The van der Waals surface area contributed by atoms with Gasteiger partial charge in [0.15, 0.2) is 5.69 Å². The number of piperidine rings is 1. The van der Waals surface area contributed by atoms with Crippen LogP contribution in [-0.4, -0.2) is 46.0 Å². The van der Waals surface area contributed by atoms with Crippen molar-refractivity contribution in [3.63, 3.8) is 0 Å². The van der Waals surface area contributed by atoms with Crippen LogP contribution < -0.4 is 11.1 Å². The molecule has 1 aliphatic heterocycles. The summed E-state index contributed by atoms with van der Waals surface area (Å²) in [7, 11) is 0. The van der Waals surface area contributed by atoms with Crippen molar-refractivity contribution < 1.29 is 14.1 Å². The summed E-state index contributed by atoms with van der Waals surface area (Å²) in [5.74, 6) is 5.36. The molecule has 8 aliphatic rings. The van der Waals surface area contributed by atoms with Crippen molar-refractivity contribution in [2.75, 3.05) is 6.54 Å². The second-order valence-corrected chi connectivity index (χ2v) is 11.0. The van der Waals surface area contributed by atoms with Crippen molar-refractivity contribution in [3.8, 4) is 0 Å². The quantitative estimate of drug-likeness (QED) is 0.797. The van der Waals surface area contributed by atoms with E-state index in [1.165, 1.54) is 0 Å². The summed E-state index contributed by atoms with van der Waals surface area (Å²) >= 11 is 0. The predicted molar refractivity (Wildman–Crippen MR) is 100 cm³/mol. The first kappa shape index (κ1) is 15.9. The minimum absolute atomic E-state index is 0.00854. The first-order chi connectivity index (χ1) is 14.0. The minimum Gasteiger partial charge on any atom is -0.360 e. The molecule has 2 amide bonds. The molecule has 0 radical (unpaired) electrons. The smallest absolute Gasteiger partial charge is 0.273 e. The first-order valence-electron chi connectivity index (χ1n) is 11.4. The Balaban J connectivity index is 0.930. The molecule has 8 fully saturated rings. The van der Waals surface area contributed by atoms with Crippen LogP contribution in [-0.2, 0) is 4.79 Å². The van der Waals surface area contributed by atoms with Crippen LogP contribution in [0.1, 0.15) is 54.8 Å². The van der Waals surface area contributed by atoms with Crippen LogP contribution in [0.15, 0.2) is 10.6 Å². The van der Waals surface area contributed by atoms with Crippen molar-refractivity contribution in [2.45, 2.75) is 56.1 Å². The number of nitrogens with zero attached hydrogens (tertiary/aromatic N) is 2. The molecule has 2 atom stereocenters. The summed E-state index contributed by atoms with van der Waals surface area (Å²) in [5, 5.41) is 7.05. The number of rotatable bonds is 4. The molecule has 0 aromatic carbocycles. The predicted octanol–water partition coefficient (Wildman–Crippen LogP) is 1.11. The van der Waals surface area contributed by atoms with Gasteiger partial charge in [-0.2, -0.15) is 0 Å². The Kier molecular flexibility index (Phi) is 2.41. The van der Waals surface area contributed by atoms with Gasteiger partial charge in [-0.1, -0.05) is 5.16 Å². The summed E-state index contributed by atoms with van der Waals surface area (Å²) in [5.41, 5.74) is 7.03. The minimum atomic E-state index is -0.160. The van der Waals surface area contributed by atoms with Crippen LogP contribution in [0.5, 0.6) is 0 Å². The van der Waals surface area contributed by atoms with Crippen LogP contribution in [0.2, 0.25) is 0 Å². The van der Waals surface area contributed by atoms with E-state index in [9.17, 15) is 9.59 Å². The molecule has 1 saturated heterocycles. The zero-order valence-electron chi connectivity index (χ0n) is 16.5. The van der Waals surface area contributed by atoms with Crippen LogP contribution in [0, 0.1) is 40.9 Å². The molecule has 0 bridgehead atoms. The van der Waals surface area contributed by atoms with Crippen molar-refractivity contribution in [3.05, 3.63) is 17.5 Å². The molecule has 7 heteroatoms. The van der Waals surface area contributed by atoms with Gasteiger partial charge in [-0.15, -0.1) is 0 Å². The Morgan fingerprint density at radius 3 is 2.48 bits per heavy atom. The van der Waals surface area contributed by atoms with Gasteiger partial charge in [-0.05, 0) is 68.1 Å². The molecule has 7 saturated carbocycles. The monoisotopic (exact) mass is 394 g/mol. The summed E-state index contributed by atoms with van der Waals surface area (Å²) < 4.78 is 5.30. The molecule has 1 aromatic rings. The molecular formula is C22H26N4O3. The van der Waals surface area contributed by atoms with E-state index in [0.717, 1.165) is 38.0 Å². The van der Waals surface area contributed by atoms with Gasteiger partial charge in [-0.25, -0.2) is 0 Å². The third kappa shape index (κ3) is 1.37. The number of carbonyl (C=O) groups is 2. The SMILES string of the molecule is C[C@H]1CC(NC(=O)c2cc(C3CC3)on2)CCN1C(=O)C12C3C4C1C1C2C3C41N. The summed E-state index contributed by atoms with van der Waals surface area (Å²) in [6.07, 6.45) is 3.86. The van der Waals surface area contributed by atoms with Gasteiger partial charge in [0.05, 0.1) is 5.41 Å². The topological polar surface area (TPSA) is 101 Å². The first-order valence-corrected chi connectivity index (χ1v) is 11.4. The molecule has 0 spiro atoms. The van der Waals surface area contributed by atoms with Gasteiger partial charge in [0.1, 0.15) is 5.76 Å². The second kappa shape index (κ2) is 4.41. The fraction of sp³-hybridized carbons (Fsp3) is 0.773. The highest BCUT2D eigenvalue weighted by atomic mass is 16.5. The third-order valence-electron chi connectivity index (χ3n) is 10.3. The fourth-order valence-electron chi connectivity index (χ4n) is 9.11. The largest absolute Gasteiger partial charge is 0.360 e. The van der Waals surface area contributed by atoms with Gasteiger partial charge < -0.3 is 20.5 Å². The summed E-state index contributed by atoms with van der Waals surface area (Å²) in [6, 6.07) is 2.03. The van der Waals surface area contributed by atoms with Crippen LogP contribution in [0.25, 0.3) is 0 Å². The molecule has 7 nitrogen and oxygen atoms in total. The van der Waals surface area contributed by atoms with E-state index < -0.39 is 0 Å². The van der Waals surface area contributed by atoms with Crippen molar-refractivity contribution in [1.82, 2.24) is 15.4 Å². The van der Waals surface area contributed by atoms with E-state index in [4.69, 9.17) is 10.3 Å². The maximum absolute atomic E-state index is 13.5. The zero-order valence-corrected chi connectivity index (χ0v) is 16.5. The summed E-state index contributed by atoms with van der Waals surface area (Å²) in [4.78, 5) is 28.2. The molecule has 9 rings (SSSR count). The van der Waals surface area contributed by atoms with Gasteiger partial charge in [0, 0.05) is 36.2 Å². The molecular weight excluding hydrogens is 368 g/mol. The Labute approximate surface area is 168 Å². The second-order valence-electron chi connectivity index (χ2n) is 11.0. The Morgan fingerprint density at radius 2 is 1.86 bits per heavy atom. The standard InChI is InChI=1S/C22H26N4O3/c1-8-6-10(24-19(27)11-7-12(29-25-11)9-2-3-9)4-5-26(8)20(28)21-13-16-14(21)18-15(21)17(13)22(16,18)23/h7-10,13-18H,2-6,23H2,1H3,(H,24,27)/t8-,10?,13?,14?,15?,16?,17?,18?,21?,22?/m0/s1. The van der Waals surface area contributed by atoms with Crippen LogP contribution in [0.4, 0.5) is 0 Å². The number of amides is 2. The number of aromatic nitrogens is 1. The lowest BCUT2D eigenvalue weighted by Gasteiger charge is -3.10. The highest BCUT2D eigenvalue weighted by Gasteiger charge is 3.11. The molecule has 1 unspecified atom stereocenters. The molecule has 152 valence electrons. The number of hydrogen-bond donors (Lipinski definition) is 2. The Bertz CT molecular complexity index is 942. The average molecular weight is 394 g/mol. The van der Waals surface area contributed by atoms with Gasteiger partial charge in [0.2, 0.25) is 5.91 Å². The highest BCUT2D eigenvalue weighted by molar-refractivity contribution is 5.94. The maximum Gasteiger partial charge on any atom is 0.273 e. The number of likely N-dealkylation sites (tertiary alicyclic amines) is 1. The number of nitrogens with two attached hydrogens (primary N) is 1. The molecule has 1 aromatic heterocycles. The average Bonchev–Trinajstić information content (AvgIpc) is 3.44. The third-order valence-corrected chi connectivity index (χ3v) is 10.3. The van der Waals surface area contributed by atoms with Gasteiger partial charge in [-0.3, -0.25) is 9.59 Å². The Hall–Kier alpha value is -1.89. The lowest BCUT2D eigenvalue weighted by molar-refractivity contribution is -0.603. The van der Waals surface area contributed by atoms with E-state index in [1.807, 2.05) is 0 Å². The molecule has 29 heavy (non-hydrogen) atoms. The van der Waals surface area contributed by atoms with Gasteiger partial charge >= 0.3 is 0 Å². The highest BCUT2D eigenvalue weighted by Crippen LogP contribution is 3.06.